The number of carbonyl (C=O) groups excluding carboxylic acids is 1. The molecule has 1 N–H and O–H groups in total. The van der Waals surface area contributed by atoms with Crippen molar-refractivity contribution in [3.05, 3.63) is 64.9 Å². The van der Waals surface area contributed by atoms with Crippen molar-refractivity contribution in [1.82, 2.24) is 15.2 Å². The number of anilines is 1. The Bertz CT molecular complexity index is 1080. The molecule has 30 heavy (non-hydrogen) atoms. The van der Waals surface area contributed by atoms with Crippen molar-refractivity contribution in [1.29, 1.82) is 0 Å². The summed E-state index contributed by atoms with van der Waals surface area (Å²) in [6, 6.07) is 7.29. The normalized spacial score (nSPS) is 15.6. The highest BCUT2D eigenvalue weighted by Gasteiger charge is 2.44. The molecular weight excluding hydrogens is 387 g/mol. The molecule has 3 aromatic rings. The second-order valence-electron chi connectivity index (χ2n) is 7.58. The molecule has 4 rings (SSSR count). The van der Waals surface area contributed by atoms with E-state index in [2.05, 4.69) is 29.0 Å². The predicted molar refractivity (Wildman–Crippen MR) is 110 cm³/mol. The van der Waals surface area contributed by atoms with E-state index in [4.69, 9.17) is 9.47 Å². The fraction of sp³-hybridized carbons (Fsp3) is 0.318. The maximum Gasteiger partial charge on any atom is 0.277 e. The molecule has 0 bridgehead atoms. The van der Waals surface area contributed by atoms with Gasteiger partial charge in [0.05, 0.1) is 37.8 Å². The largest absolute Gasteiger partial charge is 0.496 e. The molecule has 7 nitrogen and oxygen atoms in total. The number of halogens is 1. The minimum absolute atomic E-state index is 0.226. The Morgan fingerprint density at radius 1 is 1.20 bits per heavy atom. The Balaban J connectivity index is 1.91. The maximum atomic E-state index is 13.9. The molecule has 8 heteroatoms. The van der Waals surface area contributed by atoms with Crippen LogP contribution in [0, 0.1) is 11.7 Å². The van der Waals surface area contributed by atoms with Gasteiger partial charge in [0.25, 0.3) is 5.91 Å². The molecule has 156 valence electrons. The molecule has 1 unspecified atom stereocenters. The van der Waals surface area contributed by atoms with Gasteiger partial charge in [0.1, 0.15) is 17.3 Å². The number of aromatic nitrogens is 3. The first-order valence-corrected chi connectivity index (χ1v) is 9.68. The molecule has 1 amide bonds. The van der Waals surface area contributed by atoms with Gasteiger partial charge in [-0.25, -0.2) is 9.37 Å². The van der Waals surface area contributed by atoms with Crippen LogP contribution in [0.3, 0.4) is 0 Å². The minimum atomic E-state index is -0.522. The van der Waals surface area contributed by atoms with Gasteiger partial charge in [0.2, 0.25) is 5.88 Å². The number of benzene rings is 1. The standard InChI is InChI=1S/C22H23FN4O3/c1-12(2)9-16-19-20(26-25-16)22(28)27(14-6-8-18(30-4)24-11-14)21(19)15-7-5-13(23)10-17(15)29-3/h5-8,10-12,21H,9H2,1-4H3,(H,25,26). The van der Waals surface area contributed by atoms with E-state index in [1.54, 1.807) is 29.3 Å². The van der Waals surface area contributed by atoms with Gasteiger partial charge in [-0.15, -0.1) is 0 Å². The molecular formula is C22H23FN4O3. The second-order valence-corrected chi connectivity index (χ2v) is 7.58. The lowest BCUT2D eigenvalue weighted by Crippen LogP contribution is -2.30. The van der Waals surface area contributed by atoms with Gasteiger partial charge in [-0.2, -0.15) is 5.10 Å². The minimum Gasteiger partial charge on any atom is -0.496 e. The van der Waals surface area contributed by atoms with Crippen LogP contribution in [-0.4, -0.2) is 35.3 Å². The molecule has 0 radical (unpaired) electrons. The summed E-state index contributed by atoms with van der Waals surface area (Å²) in [6.45, 7) is 4.19. The number of fused-ring (bicyclic) bond motifs is 1. The first-order chi connectivity index (χ1) is 14.4. The van der Waals surface area contributed by atoms with Gasteiger partial charge < -0.3 is 9.47 Å². The van der Waals surface area contributed by atoms with E-state index >= 15 is 0 Å². The zero-order valence-electron chi connectivity index (χ0n) is 17.3. The van der Waals surface area contributed by atoms with E-state index < -0.39 is 11.9 Å². The van der Waals surface area contributed by atoms with Gasteiger partial charge in [-0.1, -0.05) is 13.8 Å². The van der Waals surface area contributed by atoms with Crippen LogP contribution in [-0.2, 0) is 6.42 Å². The van der Waals surface area contributed by atoms with Crippen LogP contribution < -0.4 is 14.4 Å². The van der Waals surface area contributed by atoms with E-state index in [0.717, 1.165) is 11.3 Å². The van der Waals surface area contributed by atoms with Gasteiger partial charge in [0.15, 0.2) is 0 Å². The van der Waals surface area contributed by atoms with Crippen LogP contribution in [0.2, 0.25) is 0 Å². The summed E-state index contributed by atoms with van der Waals surface area (Å²) in [4.78, 5) is 19.3. The van der Waals surface area contributed by atoms with Crippen molar-refractivity contribution in [2.75, 3.05) is 19.1 Å². The van der Waals surface area contributed by atoms with Gasteiger partial charge in [-0.3, -0.25) is 14.8 Å². The predicted octanol–water partition coefficient (Wildman–Crippen LogP) is 3.91. The number of nitrogens with one attached hydrogen (secondary N) is 1. The zero-order chi connectivity index (χ0) is 21.4. The Hall–Kier alpha value is -3.42. The first-order valence-electron chi connectivity index (χ1n) is 9.68. The van der Waals surface area contributed by atoms with E-state index in [1.165, 1.54) is 26.4 Å². The van der Waals surface area contributed by atoms with Crippen LogP contribution in [0.1, 0.15) is 47.2 Å². The zero-order valence-corrected chi connectivity index (χ0v) is 17.3. The summed E-state index contributed by atoms with van der Waals surface area (Å²) in [7, 11) is 3.02. The molecule has 1 aromatic carbocycles. The van der Waals surface area contributed by atoms with Crippen molar-refractivity contribution in [3.63, 3.8) is 0 Å². The lowest BCUT2D eigenvalue weighted by molar-refractivity contribution is 0.0988. The molecule has 0 saturated heterocycles. The third-order valence-electron chi connectivity index (χ3n) is 5.15. The third-order valence-corrected chi connectivity index (χ3v) is 5.15. The van der Waals surface area contributed by atoms with Gasteiger partial charge in [0, 0.05) is 23.3 Å². The highest BCUT2D eigenvalue weighted by atomic mass is 19.1. The van der Waals surface area contributed by atoms with Crippen molar-refractivity contribution in [2.45, 2.75) is 26.3 Å². The van der Waals surface area contributed by atoms with E-state index in [1.807, 2.05) is 0 Å². The smallest absolute Gasteiger partial charge is 0.277 e. The van der Waals surface area contributed by atoms with Crippen molar-refractivity contribution >= 4 is 11.6 Å². The molecule has 1 atom stereocenters. The average molecular weight is 410 g/mol. The molecule has 0 fully saturated rings. The summed E-state index contributed by atoms with van der Waals surface area (Å²) >= 11 is 0. The number of H-pyrrole nitrogens is 1. The number of pyridine rings is 1. The number of hydrogen-bond donors (Lipinski definition) is 1. The number of nitrogens with zero attached hydrogens (tertiary/aromatic N) is 3. The SMILES string of the molecule is COc1ccc(N2C(=O)c3[nH]nc(CC(C)C)c3C2c2ccc(F)cc2OC)cn1. The number of hydrogen-bond acceptors (Lipinski definition) is 5. The molecule has 1 aliphatic rings. The Morgan fingerprint density at radius 2 is 2.00 bits per heavy atom. The number of amides is 1. The van der Waals surface area contributed by atoms with E-state index in [0.29, 0.717) is 40.9 Å². The summed E-state index contributed by atoms with van der Waals surface area (Å²) in [6.07, 6.45) is 2.29. The average Bonchev–Trinajstić information content (AvgIpc) is 3.26. The third kappa shape index (κ3) is 3.28. The van der Waals surface area contributed by atoms with Gasteiger partial charge >= 0.3 is 0 Å². The lowest BCUT2D eigenvalue weighted by Gasteiger charge is -2.27. The number of rotatable bonds is 6. The van der Waals surface area contributed by atoms with Crippen LogP contribution >= 0.6 is 0 Å². The maximum absolute atomic E-state index is 13.9. The highest BCUT2D eigenvalue weighted by molar-refractivity contribution is 6.10. The topological polar surface area (TPSA) is 80.3 Å². The summed E-state index contributed by atoms with van der Waals surface area (Å²) < 4.78 is 24.5. The van der Waals surface area contributed by atoms with Crippen molar-refractivity contribution in [2.24, 2.45) is 5.92 Å². The second kappa shape index (κ2) is 7.78. The molecule has 3 heterocycles. The van der Waals surface area contributed by atoms with E-state index in [-0.39, 0.29) is 5.91 Å². The summed E-state index contributed by atoms with van der Waals surface area (Å²) in [5, 5.41) is 7.32. The quantitative estimate of drug-likeness (QED) is 0.666. The van der Waals surface area contributed by atoms with E-state index in [9.17, 15) is 9.18 Å². The Morgan fingerprint density at radius 3 is 2.63 bits per heavy atom. The molecule has 1 aliphatic heterocycles. The first kappa shape index (κ1) is 19.9. The van der Waals surface area contributed by atoms with Crippen LogP contribution in [0.25, 0.3) is 0 Å². The number of carbonyl (C=O) groups is 1. The number of aromatic amines is 1. The fourth-order valence-corrected chi connectivity index (χ4v) is 3.86. The summed E-state index contributed by atoms with van der Waals surface area (Å²) in [5.74, 6) is 0.522. The van der Waals surface area contributed by atoms with Crippen molar-refractivity contribution in [3.8, 4) is 11.6 Å². The highest BCUT2D eigenvalue weighted by Crippen LogP contribution is 2.45. The molecule has 0 saturated carbocycles. The molecule has 2 aromatic heterocycles. The Labute approximate surface area is 173 Å². The van der Waals surface area contributed by atoms with Crippen molar-refractivity contribution < 1.29 is 18.7 Å². The van der Waals surface area contributed by atoms with Crippen LogP contribution in [0.15, 0.2) is 36.5 Å². The van der Waals surface area contributed by atoms with Crippen LogP contribution in [0.5, 0.6) is 11.6 Å². The fourth-order valence-electron chi connectivity index (χ4n) is 3.86. The van der Waals surface area contributed by atoms with Gasteiger partial charge in [-0.05, 0) is 30.5 Å². The molecule has 0 spiro atoms. The summed E-state index contributed by atoms with van der Waals surface area (Å²) in [5.41, 5.74) is 3.30. The number of methoxy groups -OCH3 is 2. The lowest BCUT2D eigenvalue weighted by atomic mass is 9.94. The van der Waals surface area contributed by atoms with Crippen LogP contribution in [0.4, 0.5) is 10.1 Å². The number of ether oxygens (including phenoxy) is 2. The monoisotopic (exact) mass is 410 g/mol. The Kier molecular flexibility index (Phi) is 5.15. The molecule has 0 aliphatic carbocycles.